The maximum atomic E-state index is 6.28. The zero-order valence-corrected chi connectivity index (χ0v) is 15.0. The molecule has 4 heteroatoms. The lowest BCUT2D eigenvalue weighted by Gasteiger charge is -2.11. The fourth-order valence-electron chi connectivity index (χ4n) is 1.94. The standard InChI is InChI=1S/C15H17Br2NS/c1-9(2)11-5-3-10(4-6-11)7-13(18)14-8-12(16)15(17)19-14/h3-6,8-9,13H,7,18H2,1-2H3. The van der Waals surface area contributed by atoms with Crippen molar-refractivity contribution in [1.29, 1.82) is 0 Å². The van der Waals surface area contributed by atoms with Crippen LogP contribution in [0, 0.1) is 0 Å². The summed E-state index contributed by atoms with van der Waals surface area (Å²) in [5.41, 5.74) is 8.94. The van der Waals surface area contributed by atoms with Gasteiger partial charge in [0.2, 0.25) is 0 Å². The van der Waals surface area contributed by atoms with Gasteiger partial charge in [0.05, 0.1) is 3.79 Å². The van der Waals surface area contributed by atoms with E-state index in [2.05, 4.69) is 76.0 Å². The van der Waals surface area contributed by atoms with Gasteiger partial charge in [0.1, 0.15) is 0 Å². The van der Waals surface area contributed by atoms with Crippen LogP contribution in [0.3, 0.4) is 0 Å². The molecular formula is C15H17Br2NS. The van der Waals surface area contributed by atoms with E-state index in [-0.39, 0.29) is 6.04 Å². The first-order valence-electron chi connectivity index (χ1n) is 6.26. The van der Waals surface area contributed by atoms with Crippen LogP contribution in [0.2, 0.25) is 0 Å². The molecule has 1 atom stereocenters. The lowest BCUT2D eigenvalue weighted by Crippen LogP contribution is -2.11. The minimum atomic E-state index is 0.0532. The normalized spacial score (nSPS) is 12.9. The molecule has 1 unspecified atom stereocenters. The van der Waals surface area contributed by atoms with Crippen LogP contribution in [0.5, 0.6) is 0 Å². The Bertz CT molecular complexity index is 526. The van der Waals surface area contributed by atoms with Crippen LogP contribution < -0.4 is 5.73 Å². The molecule has 1 nitrogen and oxygen atoms in total. The van der Waals surface area contributed by atoms with Gasteiger partial charge in [-0.1, -0.05) is 38.1 Å². The largest absolute Gasteiger partial charge is 0.323 e. The van der Waals surface area contributed by atoms with Gasteiger partial charge in [0, 0.05) is 15.4 Å². The first kappa shape index (κ1) is 15.2. The van der Waals surface area contributed by atoms with Gasteiger partial charge >= 0.3 is 0 Å². The second-order valence-corrected chi connectivity index (χ2v) is 8.23. The Morgan fingerprint density at radius 1 is 1.16 bits per heavy atom. The molecule has 19 heavy (non-hydrogen) atoms. The van der Waals surface area contributed by atoms with E-state index in [1.807, 2.05) is 0 Å². The lowest BCUT2D eigenvalue weighted by atomic mass is 9.99. The summed E-state index contributed by atoms with van der Waals surface area (Å²) >= 11 is 8.71. The Labute approximate surface area is 135 Å². The molecule has 2 rings (SSSR count). The summed E-state index contributed by atoms with van der Waals surface area (Å²) in [7, 11) is 0. The van der Waals surface area contributed by atoms with E-state index >= 15 is 0 Å². The minimum absolute atomic E-state index is 0.0532. The number of halogens is 2. The topological polar surface area (TPSA) is 26.0 Å². The third kappa shape index (κ3) is 3.91. The highest BCUT2D eigenvalue weighted by Gasteiger charge is 2.12. The molecule has 102 valence electrons. The van der Waals surface area contributed by atoms with E-state index in [4.69, 9.17) is 5.73 Å². The van der Waals surface area contributed by atoms with Gasteiger partial charge in [-0.2, -0.15) is 0 Å². The van der Waals surface area contributed by atoms with E-state index in [0.29, 0.717) is 5.92 Å². The number of hydrogen-bond acceptors (Lipinski definition) is 2. The van der Waals surface area contributed by atoms with Gasteiger partial charge in [-0.3, -0.25) is 0 Å². The van der Waals surface area contributed by atoms with Crippen molar-refractivity contribution in [3.05, 3.63) is 54.6 Å². The van der Waals surface area contributed by atoms with Crippen LogP contribution >= 0.6 is 43.2 Å². The smallest absolute Gasteiger partial charge is 0.0843 e. The average molecular weight is 403 g/mol. The molecule has 0 amide bonds. The molecule has 0 radical (unpaired) electrons. The predicted octanol–water partition coefficient (Wildman–Crippen LogP) is 5.64. The van der Waals surface area contributed by atoms with Gasteiger partial charge in [0.15, 0.2) is 0 Å². The van der Waals surface area contributed by atoms with Crippen LogP contribution in [-0.2, 0) is 6.42 Å². The minimum Gasteiger partial charge on any atom is -0.323 e. The van der Waals surface area contributed by atoms with Crippen molar-refractivity contribution in [3.8, 4) is 0 Å². The van der Waals surface area contributed by atoms with E-state index in [9.17, 15) is 0 Å². The summed E-state index contributed by atoms with van der Waals surface area (Å²) in [5, 5.41) is 0. The maximum Gasteiger partial charge on any atom is 0.0843 e. The molecule has 0 aliphatic rings. The van der Waals surface area contributed by atoms with Gasteiger partial charge in [-0.15, -0.1) is 11.3 Å². The molecule has 1 aromatic heterocycles. The Kier molecular flexibility index (Phi) is 5.23. The first-order chi connectivity index (χ1) is 8.97. The Balaban J connectivity index is 2.08. The second-order valence-electron chi connectivity index (χ2n) is 4.98. The summed E-state index contributed by atoms with van der Waals surface area (Å²) < 4.78 is 2.19. The SMILES string of the molecule is CC(C)c1ccc(CC(N)c2cc(Br)c(Br)s2)cc1. The highest BCUT2D eigenvalue weighted by molar-refractivity contribution is 9.13. The summed E-state index contributed by atoms with van der Waals surface area (Å²) in [4.78, 5) is 1.20. The van der Waals surface area contributed by atoms with Crippen LogP contribution in [0.15, 0.2) is 38.6 Å². The summed E-state index contributed by atoms with van der Waals surface area (Å²) in [5.74, 6) is 0.576. The van der Waals surface area contributed by atoms with Crippen LogP contribution in [0.1, 0.15) is 41.8 Å². The molecule has 0 aliphatic carbocycles. The highest BCUT2D eigenvalue weighted by Crippen LogP contribution is 2.35. The third-order valence-electron chi connectivity index (χ3n) is 3.13. The molecule has 2 aromatic rings. The number of thiophene rings is 1. The van der Waals surface area contributed by atoms with E-state index in [1.165, 1.54) is 16.0 Å². The van der Waals surface area contributed by atoms with Gasteiger partial charge in [-0.25, -0.2) is 0 Å². The Morgan fingerprint density at radius 3 is 2.26 bits per heavy atom. The molecule has 0 aliphatic heterocycles. The van der Waals surface area contributed by atoms with Crippen molar-refractivity contribution < 1.29 is 0 Å². The lowest BCUT2D eigenvalue weighted by molar-refractivity contribution is 0.735. The summed E-state index contributed by atoms with van der Waals surface area (Å²) in [6.45, 7) is 4.42. The van der Waals surface area contributed by atoms with Gasteiger partial charge in [0.25, 0.3) is 0 Å². The fraction of sp³-hybridized carbons (Fsp3) is 0.333. The van der Waals surface area contributed by atoms with Gasteiger partial charge in [-0.05, 0) is 61.4 Å². The molecule has 1 heterocycles. The molecule has 0 bridgehead atoms. The van der Waals surface area contributed by atoms with Crippen molar-refractivity contribution >= 4 is 43.2 Å². The molecule has 0 fully saturated rings. The Morgan fingerprint density at radius 2 is 1.79 bits per heavy atom. The monoisotopic (exact) mass is 401 g/mol. The maximum absolute atomic E-state index is 6.28. The van der Waals surface area contributed by atoms with Crippen LogP contribution in [-0.4, -0.2) is 0 Å². The third-order valence-corrected chi connectivity index (χ3v) is 6.52. The predicted molar refractivity (Wildman–Crippen MR) is 90.9 cm³/mol. The average Bonchev–Trinajstić information content (AvgIpc) is 2.70. The van der Waals surface area contributed by atoms with Crippen molar-refractivity contribution in [2.45, 2.75) is 32.2 Å². The number of benzene rings is 1. The van der Waals surface area contributed by atoms with Gasteiger partial charge < -0.3 is 5.73 Å². The molecule has 0 spiro atoms. The van der Waals surface area contributed by atoms with Crippen molar-refractivity contribution in [1.82, 2.24) is 0 Å². The highest BCUT2D eigenvalue weighted by atomic mass is 79.9. The summed E-state index contributed by atoms with van der Waals surface area (Å²) in [6, 6.07) is 10.9. The quantitative estimate of drug-likeness (QED) is 0.703. The number of nitrogens with two attached hydrogens (primary N) is 1. The molecule has 0 saturated carbocycles. The molecule has 2 N–H and O–H groups in total. The van der Waals surface area contributed by atoms with Crippen molar-refractivity contribution in [2.75, 3.05) is 0 Å². The zero-order chi connectivity index (χ0) is 14.0. The second kappa shape index (κ2) is 6.53. The zero-order valence-electron chi connectivity index (χ0n) is 11.0. The molecular weight excluding hydrogens is 386 g/mol. The Hall–Kier alpha value is -0.160. The number of hydrogen-bond donors (Lipinski definition) is 1. The fourth-order valence-corrected chi connectivity index (χ4v) is 4.03. The van der Waals surface area contributed by atoms with E-state index in [0.717, 1.165) is 14.7 Å². The first-order valence-corrected chi connectivity index (χ1v) is 8.66. The van der Waals surface area contributed by atoms with E-state index < -0.39 is 0 Å². The van der Waals surface area contributed by atoms with Crippen molar-refractivity contribution in [2.24, 2.45) is 5.73 Å². The molecule has 1 aromatic carbocycles. The van der Waals surface area contributed by atoms with Crippen molar-refractivity contribution in [3.63, 3.8) is 0 Å². The molecule has 0 saturated heterocycles. The number of rotatable bonds is 4. The summed E-state index contributed by atoms with van der Waals surface area (Å²) in [6.07, 6.45) is 0.873. The van der Waals surface area contributed by atoms with Crippen LogP contribution in [0.25, 0.3) is 0 Å². The van der Waals surface area contributed by atoms with E-state index in [1.54, 1.807) is 11.3 Å². The van der Waals surface area contributed by atoms with Crippen LogP contribution in [0.4, 0.5) is 0 Å².